The van der Waals surface area contributed by atoms with Gasteiger partial charge in [-0.3, -0.25) is 9.59 Å². The van der Waals surface area contributed by atoms with Crippen LogP contribution in [0.3, 0.4) is 0 Å². The SMILES string of the molecule is CNC1CCN(C2=CC(=O)C(Nc3ncnc4cc(CCCOC)c(OC)cc34)=CC2=O)C1. The molecule has 0 bridgehead atoms. The molecule has 33 heavy (non-hydrogen) atoms. The molecule has 2 aliphatic rings. The van der Waals surface area contributed by atoms with Crippen LogP contribution >= 0.6 is 0 Å². The van der Waals surface area contributed by atoms with Crippen LogP contribution in [0.5, 0.6) is 5.75 Å². The van der Waals surface area contributed by atoms with Gasteiger partial charge in [-0.25, -0.2) is 9.97 Å². The van der Waals surface area contributed by atoms with Crippen LogP contribution in [0.15, 0.2) is 42.0 Å². The molecule has 9 nitrogen and oxygen atoms in total. The number of nitrogens with zero attached hydrogens (tertiary/aromatic N) is 3. The van der Waals surface area contributed by atoms with Crippen LogP contribution < -0.4 is 15.4 Å². The van der Waals surface area contributed by atoms with E-state index in [1.807, 2.05) is 24.1 Å². The molecule has 1 unspecified atom stereocenters. The Morgan fingerprint density at radius 1 is 1.15 bits per heavy atom. The van der Waals surface area contributed by atoms with Crippen molar-refractivity contribution in [1.29, 1.82) is 0 Å². The number of anilines is 1. The van der Waals surface area contributed by atoms with E-state index in [0.29, 0.717) is 41.8 Å². The molecule has 0 radical (unpaired) electrons. The highest BCUT2D eigenvalue weighted by molar-refractivity contribution is 6.21. The van der Waals surface area contributed by atoms with Crippen molar-refractivity contribution in [2.75, 3.05) is 46.3 Å². The normalized spacial score (nSPS) is 18.5. The Hall–Kier alpha value is -3.30. The number of aryl methyl sites for hydroxylation is 1. The monoisotopic (exact) mass is 451 g/mol. The zero-order chi connectivity index (χ0) is 23.4. The third kappa shape index (κ3) is 4.89. The average molecular weight is 452 g/mol. The molecule has 0 amide bonds. The molecular weight excluding hydrogens is 422 g/mol. The Labute approximate surface area is 192 Å². The first-order valence-corrected chi connectivity index (χ1v) is 11.1. The average Bonchev–Trinajstić information content (AvgIpc) is 3.30. The number of hydrogen-bond donors (Lipinski definition) is 2. The van der Waals surface area contributed by atoms with Gasteiger partial charge in [0.05, 0.1) is 24.0 Å². The van der Waals surface area contributed by atoms with Gasteiger partial charge in [-0.15, -0.1) is 0 Å². The van der Waals surface area contributed by atoms with Crippen molar-refractivity contribution >= 4 is 28.3 Å². The first-order valence-electron chi connectivity index (χ1n) is 11.1. The summed E-state index contributed by atoms with van der Waals surface area (Å²) in [6.45, 7) is 2.11. The van der Waals surface area contributed by atoms with Crippen LogP contribution in [-0.2, 0) is 20.7 Å². The van der Waals surface area contributed by atoms with Crippen molar-refractivity contribution in [2.24, 2.45) is 0 Å². The number of fused-ring (bicyclic) bond motifs is 1. The number of methoxy groups -OCH3 is 2. The molecule has 2 N–H and O–H groups in total. The minimum absolute atomic E-state index is 0.190. The van der Waals surface area contributed by atoms with E-state index in [0.717, 1.165) is 36.9 Å². The molecule has 2 heterocycles. The minimum atomic E-state index is -0.257. The van der Waals surface area contributed by atoms with Gasteiger partial charge in [0, 0.05) is 50.4 Å². The van der Waals surface area contributed by atoms with Crippen LogP contribution in [0.25, 0.3) is 10.9 Å². The predicted octanol–water partition coefficient (Wildman–Crippen LogP) is 1.84. The largest absolute Gasteiger partial charge is 0.496 e. The Morgan fingerprint density at radius 2 is 2.00 bits per heavy atom. The van der Waals surface area contributed by atoms with E-state index < -0.39 is 0 Å². The van der Waals surface area contributed by atoms with Crippen LogP contribution in [-0.4, -0.2) is 73.4 Å². The lowest BCUT2D eigenvalue weighted by Gasteiger charge is -2.23. The maximum Gasteiger partial charge on any atom is 0.204 e. The van der Waals surface area contributed by atoms with E-state index in [1.165, 1.54) is 18.5 Å². The number of likely N-dealkylation sites (tertiary alicyclic amines) is 1. The number of carbonyl (C=O) groups is 2. The number of ether oxygens (including phenoxy) is 2. The number of nitrogens with one attached hydrogen (secondary N) is 2. The number of aromatic nitrogens is 2. The van der Waals surface area contributed by atoms with Gasteiger partial charge in [0.2, 0.25) is 11.6 Å². The van der Waals surface area contributed by atoms with E-state index in [-0.39, 0.29) is 17.3 Å². The van der Waals surface area contributed by atoms with Gasteiger partial charge < -0.3 is 25.0 Å². The summed E-state index contributed by atoms with van der Waals surface area (Å²) in [5, 5.41) is 6.97. The molecule has 9 heteroatoms. The molecule has 1 aromatic carbocycles. The van der Waals surface area contributed by atoms with Crippen LogP contribution in [0.4, 0.5) is 5.82 Å². The molecule has 1 aromatic heterocycles. The zero-order valence-electron chi connectivity index (χ0n) is 19.2. The van der Waals surface area contributed by atoms with Gasteiger partial charge in [0.1, 0.15) is 17.9 Å². The molecule has 1 aliphatic heterocycles. The molecule has 0 saturated carbocycles. The number of likely N-dealkylation sites (N-methyl/N-ethyl adjacent to an activating group) is 1. The number of rotatable bonds is 9. The van der Waals surface area contributed by atoms with Crippen molar-refractivity contribution in [1.82, 2.24) is 20.2 Å². The van der Waals surface area contributed by atoms with Crippen molar-refractivity contribution in [2.45, 2.75) is 25.3 Å². The highest BCUT2D eigenvalue weighted by Crippen LogP contribution is 2.30. The summed E-state index contributed by atoms with van der Waals surface area (Å²) in [6.07, 6.45) is 6.80. The maximum atomic E-state index is 12.8. The molecule has 1 fully saturated rings. The third-order valence-electron chi connectivity index (χ3n) is 6.08. The molecule has 1 saturated heterocycles. The summed E-state index contributed by atoms with van der Waals surface area (Å²) in [5.74, 6) is 0.715. The van der Waals surface area contributed by atoms with Crippen molar-refractivity contribution in [3.63, 3.8) is 0 Å². The van der Waals surface area contributed by atoms with E-state index >= 15 is 0 Å². The van der Waals surface area contributed by atoms with Gasteiger partial charge in [-0.1, -0.05) is 0 Å². The molecule has 0 spiro atoms. The zero-order valence-corrected chi connectivity index (χ0v) is 19.2. The van der Waals surface area contributed by atoms with E-state index in [4.69, 9.17) is 9.47 Å². The highest BCUT2D eigenvalue weighted by Gasteiger charge is 2.29. The molecular formula is C24H29N5O4. The summed E-state index contributed by atoms with van der Waals surface area (Å²) >= 11 is 0. The second kappa shape index (κ2) is 10.1. The number of benzene rings is 1. The predicted molar refractivity (Wildman–Crippen MR) is 125 cm³/mol. The Balaban J connectivity index is 1.57. The first-order chi connectivity index (χ1) is 16.0. The summed E-state index contributed by atoms with van der Waals surface area (Å²) in [7, 11) is 5.20. The Kier molecular flexibility index (Phi) is 7.00. The summed E-state index contributed by atoms with van der Waals surface area (Å²) < 4.78 is 10.7. The van der Waals surface area contributed by atoms with Gasteiger partial charge in [0.25, 0.3) is 0 Å². The minimum Gasteiger partial charge on any atom is -0.496 e. The van der Waals surface area contributed by atoms with Crippen molar-refractivity contribution in [3.8, 4) is 5.75 Å². The van der Waals surface area contributed by atoms with Gasteiger partial charge in [0.15, 0.2) is 0 Å². The van der Waals surface area contributed by atoms with Crippen LogP contribution in [0.2, 0.25) is 0 Å². The molecule has 1 aliphatic carbocycles. The summed E-state index contributed by atoms with van der Waals surface area (Å²) in [4.78, 5) is 36.3. The third-order valence-corrected chi connectivity index (χ3v) is 6.08. The smallest absolute Gasteiger partial charge is 0.204 e. The lowest BCUT2D eigenvalue weighted by molar-refractivity contribution is -0.116. The van der Waals surface area contributed by atoms with Gasteiger partial charge in [-0.2, -0.15) is 0 Å². The van der Waals surface area contributed by atoms with E-state index in [1.54, 1.807) is 14.2 Å². The van der Waals surface area contributed by atoms with E-state index in [2.05, 4.69) is 20.6 Å². The van der Waals surface area contributed by atoms with Gasteiger partial charge >= 0.3 is 0 Å². The fourth-order valence-corrected chi connectivity index (χ4v) is 4.25. The van der Waals surface area contributed by atoms with Gasteiger partial charge in [-0.05, 0) is 44.0 Å². The Bertz CT molecular complexity index is 1130. The Morgan fingerprint density at radius 3 is 2.73 bits per heavy atom. The number of ketones is 2. The summed E-state index contributed by atoms with van der Waals surface area (Å²) in [6, 6.07) is 4.14. The fraction of sp³-hybridized carbons (Fsp3) is 0.417. The second-order valence-electron chi connectivity index (χ2n) is 8.16. The standard InChI is InChI=1S/C24H29N5O4/c1-25-16-6-7-29(13-16)20-12-21(30)19(11-22(20)31)28-24-17-10-23(33-3)15(5-4-8-32-2)9-18(17)26-14-27-24/h9-12,14,16,25H,4-8,13H2,1-3H3,(H,26,27,28). The number of allylic oxidation sites excluding steroid dienone is 2. The second-order valence-corrected chi connectivity index (χ2v) is 8.16. The molecule has 2 aromatic rings. The number of carbonyl (C=O) groups excluding carboxylic acids is 2. The van der Waals surface area contributed by atoms with E-state index in [9.17, 15) is 9.59 Å². The molecule has 4 rings (SSSR count). The van der Waals surface area contributed by atoms with Crippen LogP contribution in [0, 0.1) is 0 Å². The van der Waals surface area contributed by atoms with Crippen molar-refractivity contribution < 1.29 is 19.1 Å². The number of hydrogen-bond acceptors (Lipinski definition) is 9. The lowest BCUT2D eigenvalue weighted by atomic mass is 10.0. The quantitative estimate of drug-likeness (QED) is 0.436. The lowest BCUT2D eigenvalue weighted by Crippen LogP contribution is -2.33. The molecule has 174 valence electrons. The molecule has 1 atom stereocenters. The summed E-state index contributed by atoms with van der Waals surface area (Å²) in [5.41, 5.74) is 2.38. The highest BCUT2D eigenvalue weighted by atomic mass is 16.5. The fourth-order valence-electron chi connectivity index (χ4n) is 4.25. The van der Waals surface area contributed by atoms with Crippen LogP contribution in [0.1, 0.15) is 18.4 Å². The maximum absolute atomic E-state index is 12.8. The van der Waals surface area contributed by atoms with Crippen molar-refractivity contribution in [3.05, 3.63) is 47.6 Å². The topological polar surface area (TPSA) is 106 Å². The first kappa shape index (κ1) is 22.9.